The fourth-order valence-electron chi connectivity index (χ4n) is 2.41. The highest BCUT2D eigenvalue weighted by molar-refractivity contribution is 5.97. The number of nitrogens with zero attached hydrogens (tertiary/aromatic N) is 2. The molecule has 0 N–H and O–H groups in total. The topological polar surface area (TPSA) is 62.6 Å². The van der Waals surface area contributed by atoms with Crippen LogP contribution in [0.5, 0.6) is 11.5 Å². The molecule has 7 heteroatoms. The molecule has 1 aliphatic rings. The van der Waals surface area contributed by atoms with E-state index >= 15 is 0 Å². The van der Waals surface area contributed by atoms with Gasteiger partial charge in [0.05, 0.1) is 18.7 Å². The predicted octanol–water partition coefficient (Wildman–Crippen LogP) is 2.81. The fraction of sp³-hybridized carbons (Fsp3) is 0.467. The SMILES string of the molecule is COc1ccc(C(=O)N(C)C2(C#N)CCC2)c(OC(F)F)c1. The van der Waals surface area contributed by atoms with Crippen molar-refractivity contribution in [2.75, 3.05) is 14.2 Å². The molecule has 1 saturated carbocycles. The fourth-order valence-corrected chi connectivity index (χ4v) is 2.41. The van der Waals surface area contributed by atoms with Crippen molar-refractivity contribution in [3.8, 4) is 17.6 Å². The molecule has 1 fully saturated rings. The first-order valence-corrected chi connectivity index (χ1v) is 6.76. The van der Waals surface area contributed by atoms with Crippen molar-refractivity contribution >= 4 is 5.91 Å². The van der Waals surface area contributed by atoms with Crippen molar-refractivity contribution < 1.29 is 23.0 Å². The zero-order chi connectivity index (χ0) is 16.3. The Morgan fingerprint density at radius 1 is 1.45 bits per heavy atom. The second-order valence-corrected chi connectivity index (χ2v) is 5.10. The van der Waals surface area contributed by atoms with Crippen LogP contribution in [0.4, 0.5) is 8.78 Å². The van der Waals surface area contributed by atoms with Gasteiger partial charge in [0.15, 0.2) is 0 Å². The summed E-state index contributed by atoms with van der Waals surface area (Å²) < 4.78 is 34.4. The number of ether oxygens (including phenoxy) is 2. The van der Waals surface area contributed by atoms with Gasteiger partial charge in [-0.05, 0) is 31.4 Å². The maximum absolute atomic E-state index is 12.6. The van der Waals surface area contributed by atoms with Gasteiger partial charge in [0.1, 0.15) is 17.0 Å². The zero-order valence-electron chi connectivity index (χ0n) is 12.3. The van der Waals surface area contributed by atoms with Crippen LogP contribution < -0.4 is 9.47 Å². The summed E-state index contributed by atoms with van der Waals surface area (Å²) in [5, 5.41) is 9.28. The Balaban J connectivity index is 2.34. The minimum atomic E-state index is -3.06. The standard InChI is InChI=1S/C15H16F2N2O3/c1-19(15(9-18)6-3-7-15)13(20)11-5-4-10(21-2)8-12(11)22-14(16)17/h4-5,8,14H,3,6-7H2,1-2H3. The molecule has 2 rings (SSSR count). The second-order valence-electron chi connectivity index (χ2n) is 5.10. The van der Waals surface area contributed by atoms with Gasteiger partial charge in [-0.25, -0.2) is 0 Å². The Labute approximate surface area is 127 Å². The number of methoxy groups -OCH3 is 1. The number of nitriles is 1. The van der Waals surface area contributed by atoms with Crippen LogP contribution in [0.1, 0.15) is 29.6 Å². The average Bonchev–Trinajstić information content (AvgIpc) is 2.45. The van der Waals surface area contributed by atoms with E-state index in [-0.39, 0.29) is 11.3 Å². The molecule has 0 aromatic heterocycles. The Kier molecular flexibility index (Phi) is 4.50. The van der Waals surface area contributed by atoms with E-state index in [4.69, 9.17) is 4.74 Å². The van der Waals surface area contributed by atoms with Crippen molar-refractivity contribution in [1.29, 1.82) is 5.26 Å². The highest BCUT2D eigenvalue weighted by Gasteiger charge is 2.44. The normalized spacial score (nSPS) is 15.6. The van der Waals surface area contributed by atoms with E-state index < -0.39 is 18.1 Å². The van der Waals surface area contributed by atoms with Gasteiger partial charge in [0.25, 0.3) is 5.91 Å². The minimum Gasteiger partial charge on any atom is -0.497 e. The van der Waals surface area contributed by atoms with E-state index in [0.29, 0.717) is 18.6 Å². The van der Waals surface area contributed by atoms with E-state index in [1.807, 2.05) is 0 Å². The molecule has 5 nitrogen and oxygen atoms in total. The number of hydrogen-bond donors (Lipinski definition) is 0. The van der Waals surface area contributed by atoms with Gasteiger partial charge in [0, 0.05) is 13.1 Å². The van der Waals surface area contributed by atoms with Crippen LogP contribution in [-0.4, -0.2) is 37.1 Å². The molecule has 1 aromatic rings. The molecule has 0 unspecified atom stereocenters. The molecule has 0 aliphatic heterocycles. The Morgan fingerprint density at radius 3 is 2.59 bits per heavy atom. The maximum atomic E-state index is 12.6. The first kappa shape index (κ1) is 16.0. The summed E-state index contributed by atoms with van der Waals surface area (Å²) in [4.78, 5) is 13.9. The van der Waals surface area contributed by atoms with E-state index in [1.165, 1.54) is 37.3 Å². The summed E-state index contributed by atoms with van der Waals surface area (Å²) >= 11 is 0. The molecular weight excluding hydrogens is 294 g/mol. The van der Waals surface area contributed by atoms with E-state index in [9.17, 15) is 18.8 Å². The number of rotatable bonds is 5. The molecule has 0 saturated heterocycles. The summed E-state index contributed by atoms with van der Waals surface area (Å²) in [5.41, 5.74) is -0.885. The lowest BCUT2D eigenvalue weighted by Gasteiger charge is -2.43. The number of halogens is 2. The summed E-state index contributed by atoms with van der Waals surface area (Å²) in [5.74, 6) is -0.494. The summed E-state index contributed by atoms with van der Waals surface area (Å²) in [6.45, 7) is -3.06. The highest BCUT2D eigenvalue weighted by atomic mass is 19.3. The first-order chi connectivity index (χ1) is 10.4. The molecule has 22 heavy (non-hydrogen) atoms. The monoisotopic (exact) mass is 310 g/mol. The Hall–Kier alpha value is -2.36. The number of carbonyl (C=O) groups is 1. The second kappa shape index (κ2) is 6.18. The van der Waals surface area contributed by atoms with E-state index in [2.05, 4.69) is 10.8 Å². The van der Waals surface area contributed by atoms with Gasteiger partial charge < -0.3 is 14.4 Å². The van der Waals surface area contributed by atoms with E-state index in [1.54, 1.807) is 0 Å². The molecule has 0 atom stereocenters. The molecule has 1 aliphatic carbocycles. The number of hydrogen-bond acceptors (Lipinski definition) is 4. The summed E-state index contributed by atoms with van der Waals surface area (Å²) in [6.07, 6.45) is 2.01. The van der Waals surface area contributed by atoms with Gasteiger partial charge in [-0.3, -0.25) is 4.79 Å². The van der Waals surface area contributed by atoms with Gasteiger partial charge in [-0.2, -0.15) is 14.0 Å². The van der Waals surface area contributed by atoms with Gasteiger partial charge in [-0.15, -0.1) is 0 Å². The Bertz CT molecular complexity index is 609. The van der Waals surface area contributed by atoms with Crippen LogP contribution in [0.15, 0.2) is 18.2 Å². The van der Waals surface area contributed by atoms with Crippen LogP contribution in [0, 0.1) is 11.3 Å². The largest absolute Gasteiger partial charge is 0.497 e. The molecule has 1 amide bonds. The van der Waals surface area contributed by atoms with Crippen molar-refractivity contribution in [2.45, 2.75) is 31.4 Å². The summed E-state index contributed by atoms with van der Waals surface area (Å²) in [7, 11) is 2.88. The van der Waals surface area contributed by atoms with Crippen molar-refractivity contribution in [2.24, 2.45) is 0 Å². The van der Waals surface area contributed by atoms with Crippen LogP contribution in [-0.2, 0) is 0 Å². The summed E-state index contributed by atoms with van der Waals surface area (Å²) in [6, 6.07) is 6.21. The quantitative estimate of drug-likeness (QED) is 0.839. The smallest absolute Gasteiger partial charge is 0.387 e. The van der Waals surface area contributed by atoms with Gasteiger partial charge in [0.2, 0.25) is 0 Å². The van der Waals surface area contributed by atoms with Gasteiger partial charge in [-0.1, -0.05) is 0 Å². The lowest BCUT2D eigenvalue weighted by molar-refractivity contribution is -0.0504. The van der Waals surface area contributed by atoms with Gasteiger partial charge >= 0.3 is 6.61 Å². The number of alkyl halides is 2. The van der Waals surface area contributed by atoms with Crippen molar-refractivity contribution in [3.63, 3.8) is 0 Å². The third kappa shape index (κ3) is 2.82. The highest BCUT2D eigenvalue weighted by Crippen LogP contribution is 2.38. The third-order valence-corrected chi connectivity index (χ3v) is 3.97. The minimum absolute atomic E-state index is 0.0230. The van der Waals surface area contributed by atoms with E-state index in [0.717, 1.165) is 6.42 Å². The molecule has 0 heterocycles. The molecule has 0 radical (unpaired) electrons. The molecule has 0 bridgehead atoms. The van der Waals surface area contributed by atoms with Crippen LogP contribution in [0.3, 0.4) is 0 Å². The molecule has 1 aromatic carbocycles. The molecular formula is C15H16F2N2O3. The lowest BCUT2D eigenvalue weighted by atomic mass is 9.76. The molecule has 118 valence electrons. The van der Waals surface area contributed by atoms with Crippen LogP contribution in [0.2, 0.25) is 0 Å². The number of amides is 1. The maximum Gasteiger partial charge on any atom is 0.387 e. The van der Waals surface area contributed by atoms with Crippen molar-refractivity contribution in [1.82, 2.24) is 4.90 Å². The average molecular weight is 310 g/mol. The third-order valence-electron chi connectivity index (χ3n) is 3.97. The predicted molar refractivity (Wildman–Crippen MR) is 73.9 cm³/mol. The number of carbonyl (C=O) groups excluding carboxylic acids is 1. The first-order valence-electron chi connectivity index (χ1n) is 6.76. The molecule has 0 spiro atoms. The van der Waals surface area contributed by atoms with Crippen LogP contribution in [0.25, 0.3) is 0 Å². The number of benzene rings is 1. The van der Waals surface area contributed by atoms with Crippen LogP contribution >= 0.6 is 0 Å². The Morgan fingerprint density at radius 2 is 2.14 bits per heavy atom. The lowest BCUT2D eigenvalue weighted by Crippen LogP contribution is -2.53. The zero-order valence-corrected chi connectivity index (χ0v) is 12.3. The van der Waals surface area contributed by atoms with Crippen molar-refractivity contribution in [3.05, 3.63) is 23.8 Å².